The second-order valence-corrected chi connectivity index (χ2v) is 5.96. The van der Waals surface area contributed by atoms with Crippen LogP contribution in [0.25, 0.3) is 0 Å². The topological polar surface area (TPSA) is 39.2 Å². The lowest BCUT2D eigenvalue weighted by molar-refractivity contribution is 0.0472. The zero-order chi connectivity index (χ0) is 11.4. The fourth-order valence-corrected chi connectivity index (χ4v) is 2.44. The first-order valence-electron chi connectivity index (χ1n) is 4.58. The van der Waals surface area contributed by atoms with Gasteiger partial charge < -0.3 is 4.74 Å². The molecule has 5 heteroatoms. The number of halogens is 1. The number of ether oxygens (including phenoxy) is 1. The molecular weight excluding hydrogens is 337 g/mol. The maximum atomic E-state index is 11.6. The van der Waals surface area contributed by atoms with Gasteiger partial charge in [-0.2, -0.15) is 0 Å². The van der Waals surface area contributed by atoms with Crippen molar-refractivity contribution in [2.45, 2.75) is 6.61 Å². The molecule has 1 aromatic heterocycles. The summed E-state index contributed by atoms with van der Waals surface area (Å²) in [4.78, 5) is 15.5. The van der Waals surface area contributed by atoms with Gasteiger partial charge in [-0.3, -0.25) is 0 Å². The van der Waals surface area contributed by atoms with Crippen molar-refractivity contribution in [3.63, 3.8) is 0 Å². The monoisotopic (exact) mass is 345 g/mol. The standard InChI is InChI=1S/C11H8INO2S/c12-9-6-13-10(16-9)11(14)15-7-8-4-2-1-3-5-8/h1-6H,7H2. The van der Waals surface area contributed by atoms with Crippen molar-refractivity contribution in [1.29, 1.82) is 0 Å². The molecule has 0 saturated carbocycles. The fraction of sp³-hybridized carbons (Fsp3) is 0.0909. The van der Waals surface area contributed by atoms with E-state index in [4.69, 9.17) is 4.74 Å². The van der Waals surface area contributed by atoms with Crippen LogP contribution >= 0.6 is 33.9 Å². The number of benzene rings is 1. The Hall–Kier alpha value is -0.950. The fourth-order valence-electron chi connectivity index (χ4n) is 1.13. The van der Waals surface area contributed by atoms with Gasteiger partial charge in [0.05, 0.1) is 9.08 Å². The molecule has 16 heavy (non-hydrogen) atoms. The van der Waals surface area contributed by atoms with Gasteiger partial charge in [-0.15, -0.1) is 11.3 Å². The van der Waals surface area contributed by atoms with Gasteiger partial charge in [0, 0.05) is 0 Å². The summed E-state index contributed by atoms with van der Waals surface area (Å²) in [5, 5.41) is 0.403. The Labute approximate surface area is 111 Å². The Morgan fingerprint density at radius 2 is 2.12 bits per heavy atom. The first-order chi connectivity index (χ1) is 7.75. The Balaban J connectivity index is 1.94. The van der Waals surface area contributed by atoms with E-state index in [-0.39, 0.29) is 12.6 Å². The highest BCUT2D eigenvalue weighted by atomic mass is 127. The van der Waals surface area contributed by atoms with Crippen LogP contribution in [0.15, 0.2) is 36.5 Å². The maximum absolute atomic E-state index is 11.6. The van der Waals surface area contributed by atoms with Crippen molar-refractivity contribution in [3.05, 3.63) is 50.0 Å². The van der Waals surface area contributed by atoms with Crippen LogP contribution in [-0.4, -0.2) is 11.0 Å². The molecule has 0 amide bonds. The molecule has 0 fully saturated rings. The van der Waals surface area contributed by atoms with Crippen LogP contribution in [0.5, 0.6) is 0 Å². The number of hydrogen-bond acceptors (Lipinski definition) is 4. The average Bonchev–Trinajstić information content (AvgIpc) is 2.74. The van der Waals surface area contributed by atoms with Crippen molar-refractivity contribution < 1.29 is 9.53 Å². The van der Waals surface area contributed by atoms with Crippen LogP contribution in [0.4, 0.5) is 0 Å². The minimum atomic E-state index is -0.364. The molecule has 1 heterocycles. The van der Waals surface area contributed by atoms with E-state index < -0.39 is 0 Å². The molecule has 3 nitrogen and oxygen atoms in total. The van der Waals surface area contributed by atoms with E-state index in [2.05, 4.69) is 27.6 Å². The van der Waals surface area contributed by atoms with Gasteiger partial charge in [-0.1, -0.05) is 30.3 Å². The number of nitrogens with zero attached hydrogens (tertiary/aromatic N) is 1. The van der Waals surface area contributed by atoms with E-state index in [0.717, 1.165) is 8.45 Å². The Kier molecular flexibility index (Phi) is 3.89. The summed E-state index contributed by atoms with van der Waals surface area (Å²) in [7, 11) is 0. The van der Waals surface area contributed by atoms with Gasteiger partial charge >= 0.3 is 5.97 Å². The number of carbonyl (C=O) groups excluding carboxylic acids is 1. The molecule has 82 valence electrons. The summed E-state index contributed by atoms with van der Waals surface area (Å²) in [6.45, 7) is 0.288. The lowest BCUT2D eigenvalue weighted by Gasteiger charge is -2.01. The molecule has 0 aliphatic rings. The minimum absolute atomic E-state index is 0.288. The van der Waals surface area contributed by atoms with E-state index in [9.17, 15) is 4.79 Å². The SMILES string of the molecule is O=C(OCc1ccccc1)c1ncc(I)s1. The quantitative estimate of drug-likeness (QED) is 0.634. The highest BCUT2D eigenvalue weighted by molar-refractivity contribution is 14.1. The van der Waals surface area contributed by atoms with Gasteiger partial charge in [0.25, 0.3) is 0 Å². The summed E-state index contributed by atoms with van der Waals surface area (Å²) < 4.78 is 6.11. The number of carbonyl (C=O) groups is 1. The predicted octanol–water partition coefficient (Wildman–Crippen LogP) is 3.10. The van der Waals surface area contributed by atoms with Crippen molar-refractivity contribution in [2.75, 3.05) is 0 Å². The second-order valence-electron chi connectivity index (χ2n) is 3.03. The normalized spacial score (nSPS) is 10.1. The first-order valence-corrected chi connectivity index (χ1v) is 6.47. The third-order valence-electron chi connectivity index (χ3n) is 1.86. The molecule has 2 rings (SSSR count). The molecule has 0 aliphatic carbocycles. The van der Waals surface area contributed by atoms with E-state index in [1.54, 1.807) is 6.20 Å². The van der Waals surface area contributed by atoms with Crippen LogP contribution in [-0.2, 0) is 11.3 Å². The number of thiazole rings is 1. The van der Waals surface area contributed by atoms with Crippen LogP contribution < -0.4 is 0 Å². The largest absolute Gasteiger partial charge is 0.455 e. The van der Waals surface area contributed by atoms with Crippen molar-refractivity contribution in [1.82, 2.24) is 4.98 Å². The maximum Gasteiger partial charge on any atom is 0.367 e. The Morgan fingerprint density at radius 1 is 1.38 bits per heavy atom. The molecule has 0 atom stereocenters. The lowest BCUT2D eigenvalue weighted by atomic mass is 10.2. The number of rotatable bonds is 3. The highest BCUT2D eigenvalue weighted by Crippen LogP contribution is 2.16. The predicted molar refractivity (Wildman–Crippen MR) is 70.4 cm³/mol. The third kappa shape index (κ3) is 3.02. The zero-order valence-electron chi connectivity index (χ0n) is 8.22. The van der Waals surface area contributed by atoms with Gasteiger partial charge in [-0.05, 0) is 28.2 Å². The van der Waals surface area contributed by atoms with E-state index >= 15 is 0 Å². The van der Waals surface area contributed by atoms with E-state index in [1.165, 1.54) is 11.3 Å². The Morgan fingerprint density at radius 3 is 2.75 bits per heavy atom. The van der Waals surface area contributed by atoms with Gasteiger partial charge in [0.2, 0.25) is 5.01 Å². The molecule has 2 aromatic rings. The minimum Gasteiger partial charge on any atom is -0.455 e. The summed E-state index contributed by atoms with van der Waals surface area (Å²) in [5.41, 5.74) is 0.974. The molecular formula is C11H8INO2S. The van der Waals surface area contributed by atoms with Gasteiger partial charge in [0.15, 0.2) is 0 Å². The number of aromatic nitrogens is 1. The van der Waals surface area contributed by atoms with Crippen LogP contribution in [0, 0.1) is 2.88 Å². The third-order valence-corrected chi connectivity index (χ3v) is 3.57. The van der Waals surface area contributed by atoms with Crippen LogP contribution in [0.3, 0.4) is 0 Å². The molecule has 0 N–H and O–H groups in total. The average molecular weight is 345 g/mol. The molecule has 0 aliphatic heterocycles. The molecule has 0 radical (unpaired) electrons. The van der Waals surface area contributed by atoms with E-state index in [1.807, 2.05) is 30.3 Å². The lowest BCUT2D eigenvalue weighted by Crippen LogP contribution is -2.04. The second kappa shape index (κ2) is 5.40. The van der Waals surface area contributed by atoms with Crippen molar-refractivity contribution in [3.8, 4) is 0 Å². The summed E-state index contributed by atoms with van der Waals surface area (Å²) in [6, 6.07) is 9.58. The number of hydrogen-bond donors (Lipinski definition) is 0. The summed E-state index contributed by atoms with van der Waals surface area (Å²) in [6.07, 6.45) is 1.66. The first kappa shape index (κ1) is 11.5. The van der Waals surface area contributed by atoms with Crippen LogP contribution in [0.1, 0.15) is 15.4 Å². The Bertz CT molecular complexity index is 484. The van der Waals surface area contributed by atoms with Crippen LogP contribution in [0.2, 0.25) is 0 Å². The zero-order valence-corrected chi connectivity index (χ0v) is 11.2. The van der Waals surface area contributed by atoms with E-state index in [0.29, 0.717) is 5.01 Å². The molecule has 0 unspecified atom stereocenters. The van der Waals surface area contributed by atoms with Gasteiger partial charge in [0.1, 0.15) is 6.61 Å². The van der Waals surface area contributed by atoms with Crippen molar-refractivity contribution in [2.24, 2.45) is 0 Å². The summed E-state index contributed by atoms with van der Waals surface area (Å²) >= 11 is 3.45. The molecule has 1 aromatic carbocycles. The van der Waals surface area contributed by atoms with Crippen molar-refractivity contribution >= 4 is 39.9 Å². The molecule has 0 bridgehead atoms. The molecule has 0 spiro atoms. The van der Waals surface area contributed by atoms with Gasteiger partial charge in [-0.25, -0.2) is 9.78 Å². The number of esters is 1. The smallest absolute Gasteiger partial charge is 0.367 e. The highest BCUT2D eigenvalue weighted by Gasteiger charge is 2.11. The summed E-state index contributed by atoms with van der Waals surface area (Å²) in [5.74, 6) is -0.364. The molecule has 0 saturated heterocycles.